The molecule has 1 amide bonds. The molecule has 1 atom stereocenters. The molecule has 1 heterocycles. The zero-order valence-corrected chi connectivity index (χ0v) is 18.2. The Morgan fingerprint density at radius 1 is 1.00 bits per heavy atom. The van der Waals surface area contributed by atoms with Crippen LogP contribution in [0.15, 0.2) is 66.9 Å². The zero-order chi connectivity index (χ0) is 23.4. The molecule has 3 aromatic rings. The number of hydrogen-bond donors (Lipinski definition) is 1. The second-order valence-corrected chi connectivity index (χ2v) is 8.34. The van der Waals surface area contributed by atoms with E-state index in [0.29, 0.717) is 17.5 Å². The maximum Gasteiger partial charge on any atom is 0.433 e. The number of aryl methyl sites for hydroxylation is 2. The van der Waals surface area contributed by atoms with Gasteiger partial charge >= 0.3 is 6.18 Å². The fraction of sp³-hybridized carbons (Fsp3) is 0.308. The van der Waals surface area contributed by atoms with Crippen LogP contribution in [0.3, 0.4) is 0 Å². The number of alkyl halides is 3. The summed E-state index contributed by atoms with van der Waals surface area (Å²) in [5.41, 5.74) is 10.0. The van der Waals surface area contributed by atoms with Gasteiger partial charge in [-0.2, -0.15) is 13.2 Å². The Morgan fingerprint density at radius 3 is 2.39 bits per heavy atom. The molecule has 2 aromatic carbocycles. The molecule has 1 aliphatic carbocycles. The lowest BCUT2D eigenvalue weighted by Gasteiger charge is -2.28. The first kappa shape index (κ1) is 23.0. The van der Waals surface area contributed by atoms with Crippen molar-refractivity contribution in [2.24, 2.45) is 5.73 Å². The van der Waals surface area contributed by atoms with Gasteiger partial charge in [0, 0.05) is 18.4 Å². The van der Waals surface area contributed by atoms with E-state index in [-0.39, 0.29) is 12.5 Å². The Kier molecular flexibility index (Phi) is 6.79. The summed E-state index contributed by atoms with van der Waals surface area (Å²) in [4.78, 5) is 18.6. The molecule has 0 saturated heterocycles. The SMILES string of the molecule is NC(C(=O)N(CCc1ccc(C(F)(F)F)nc1)c1ccc2c(c1)CCCC2)c1ccccc1. The lowest BCUT2D eigenvalue weighted by Crippen LogP contribution is -2.40. The molecule has 0 radical (unpaired) electrons. The van der Waals surface area contributed by atoms with Gasteiger partial charge in [0.25, 0.3) is 0 Å². The molecule has 1 aliphatic rings. The number of hydrogen-bond acceptors (Lipinski definition) is 3. The minimum absolute atomic E-state index is 0.253. The molecule has 33 heavy (non-hydrogen) atoms. The summed E-state index contributed by atoms with van der Waals surface area (Å²) in [7, 11) is 0. The molecule has 0 bridgehead atoms. The minimum Gasteiger partial charge on any atom is -0.316 e. The molecular formula is C26H26F3N3O. The Balaban J connectivity index is 1.59. The predicted octanol–water partition coefficient (Wildman–Crippen LogP) is 5.25. The lowest BCUT2D eigenvalue weighted by atomic mass is 9.91. The van der Waals surface area contributed by atoms with Crippen molar-refractivity contribution in [3.8, 4) is 0 Å². The normalized spacial score (nSPS) is 14.4. The van der Waals surface area contributed by atoms with Gasteiger partial charge in [-0.25, -0.2) is 0 Å². The van der Waals surface area contributed by atoms with E-state index in [0.717, 1.165) is 37.4 Å². The number of amides is 1. The average molecular weight is 454 g/mol. The van der Waals surface area contributed by atoms with E-state index in [1.807, 2.05) is 36.4 Å². The van der Waals surface area contributed by atoms with Crippen molar-refractivity contribution in [1.29, 1.82) is 0 Å². The highest BCUT2D eigenvalue weighted by atomic mass is 19.4. The molecule has 0 spiro atoms. The topological polar surface area (TPSA) is 59.2 Å². The van der Waals surface area contributed by atoms with E-state index in [2.05, 4.69) is 17.1 Å². The van der Waals surface area contributed by atoms with Crippen molar-refractivity contribution < 1.29 is 18.0 Å². The molecule has 172 valence electrons. The van der Waals surface area contributed by atoms with Gasteiger partial charge in [-0.15, -0.1) is 0 Å². The van der Waals surface area contributed by atoms with Crippen LogP contribution < -0.4 is 10.6 Å². The van der Waals surface area contributed by atoms with E-state index in [9.17, 15) is 18.0 Å². The first-order valence-electron chi connectivity index (χ1n) is 11.1. The van der Waals surface area contributed by atoms with Gasteiger partial charge < -0.3 is 10.6 Å². The summed E-state index contributed by atoms with van der Waals surface area (Å²) < 4.78 is 38.5. The third-order valence-corrected chi connectivity index (χ3v) is 6.07. The number of pyridine rings is 1. The second-order valence-electron chi connectivity index (χ2n) is 8.34. The molecule has 0 aliphatic heterocycles. The number of aromatic nitrogens is 1. The van der Waals surface area contributed by atoms with E-state index in [1.165, 1.54) is 23.4 Å². The number of benzene rings is 2. The summed E-state index contributed by atoms with van der Waals surface area (Å²) in [5.74, 6) is -0.253. The zero-order valence-electron chi connectivity index (χ0n) is 18.2. The monoisotopic (exact) mass is 453 g/mol. The van der Waals surface area contributed by atoms with Crippen LogP contribution in [0, 0.1) is 0 Å². The first-order valence-corrected chi connectivity index (χ1v) is 11.1. The number of halogens is 3. The predicted molar refractivity (Wildman–Crippen MR) is 122 cm³/mol. The number of carbonyl (C=O) groups is 1. The van der Waals surface area contributed by atoms with Gasteiger partial charge in [-0.05, 0) is 72.6 Å². The Morgan fingerprint density at radius 2 is 1.73 bits per heavy atom. The van der Waals surface area contributed by atoms with Crippen LogP contribution in [0.25, 0.3) is 0 Å². The number of carbonyl (C=O) groups excluding carboxylic acids is 1. The highest BCUT2D eigenvalue weighted by Crippen LogP contribution is 2.29. The summed E-state index contributed by atoms with van der Waals surface area (Å²) in [6, 6.07) is 16.7. The minimum atomic E-state index is -4.48. The summed E-state index contributed by atoms with van der Waals surface area (Å²) >= 11 is 0. The third kappa shape index (κ3) is 5.42. The molecule has 4 rings (SSSR count). The van der Waals surface area contributed by atoms with Crippen molar-refractivity contribution in [3.63, 3.8) is 0 Å². The maximum absolute atomic E-state index is 13.5. The standard InChI is InChI=1S/C26H26F3N3O/c27-26(28,29)23-13-10-18(17-31-23)14-15-32(25(33)24(30)20-7-2-1-3-8-20)22-12-11-19-6-4-5-9-21(19)16-22/h1-3,7-8,10-13,16-17,24H,4-6,9,14-15,30H2. The molecule has 0 saturated carbocycles. The fourth-order valence-corrected chi connectivity index (χ4v) is 4.21. The van der Waals surface area contributed by atoms with Crippen LogP contribution in [0.2, 0.25) is 0 Å². The smallest absolute Gasteiger partial charge is 0.316 e. The molecule has 4 nitrogen and oxygen atoms in total. The van der Waals surface area contributed by atoms with Crippen molar-refractivity contribution in [3.05, 3.63) is 94.8 Å². The van der Waals surface area contributed by atoms with Crippen LogP contribution in [0.5, 0.6) is 0 Å². The number of nitrogens with two attached hydrogens (primary N) is 1. The molecule has 1 aromatic heterocycles. The van der Waals surface area contributed by atoms with Crippen LogP contribution in [0.4, 0.5) is 18.9 Å². The van der Waals surface area contributed by atoms with Gasteiger partial charge in [0.15, 0.2) is 0 Å². The van der Waals surface area contributed by atoms with Crippen LogP contribution in [-0.2, 0) is 30.2 Å². The largest absolute Gasteiger partial charge is 0.433 e. The summed E-state index contributed by atoms with van der Waals surface area (Å²) in [6.45, 7) is 0.283. The number of nitrogens with zero attached hydrogens (tertiary/aromatic N) is 2. The van der Waals surface area contributed by atoms with Gasteiger partial charge in [0.2, 0.25) is 5.91 Å². The van der Waals surface area contributed by atoms with E-state index < -0.39 is 17.9 Å². The molecule has 0 fully saturated rings. The first-order chi connectivity index (χ1) is 15.8. The quantitative estimate of drug-likeness (QED) is 0.554. The van der Waals surface area contributed by atoms with Crippen molar-refractivity contribution >= 4 is 11.6 Å². The van der Waals surface area contributed by atoms with Crippen molar-refractivity contribution in [2.45, 2.75) is 44.3 Å². The van der Waals surface area contributed by atoms with Crippen LogP contribution >= 0.6 is 0 Å². The average Bonchev–Trinajstić information content (AvgIpc) is 2.83. The number of rotatable bonds is 6. The molecular weight excluding hydrogens is 427 g/mol. The number of fused-ring (bicyclic) bond motifs is 1. The van der Waals surface area contributed by atoms with E-state index >= 15 is 0 Å². The van der Waals surface area contributed by atoms with Crippen molar-refractivity contribution in [2.75, 3.05) is 11.4 Å². The highest BCUT2D eigenvalue weighted by molar-refractivity contribution is 5.97. The fourth-order valence-electron chi connectivity index (χ4n) is 4.21. The Labute approximate surface area is 191 Å². The molecule has 2 N–H and O–H groups in total. The Bertz CT molecular complexity index is 1100. The van der Waals surface area contributed by atoms with Gasteiger partial charge in [0.05, 0.1) is 0 Å². The molecule has 7 heteroatoms. The van der Waals surface area contributed by atoms with E-state index in [1.54, 1.807) is 4.90 Å². The van der Waals surface area contributed by atoms with Crippen LogP contribution in [-0.4, -0.2) is 17.4 Å². The highest BCUT2D eigenvalue weighted by Gasteiger charge is 2.32. The maximum atomic E-state index is 13.5. The van der Waals surface area contributed by atoms with Gasteiger partial charge in [-0.3, -0.25) is 9.78 Å². The van der Waals surface area contributed by atoms with Gasteiger partial charge in [0.1, 0.15) is 11.7 Å². The lowest BCUT2D eigenvalue weighted by molar-refractivity contribution is -0.141. The molecule has 1 unspecified atom stereocenters. The van der Waals surface area contributed by atoms with Crippen LogP contribution in [0.1, 0.15) is 46.8 Å². The Hall–Kier alpha value is -3.19. The second kappa shape index (κ2) is 9.75. The third-order valence-electron chi connectivity index (χ3n) is 6.07. The van der Waals surface area contributed by atoms with E-state index in [4.69, 9.17) is 5.73 Å². The van der Waals surface area contributed by atoms with Crippen molar-refractivity contribution in [1.82, 2.24) is 4.98 Å². The summed E-state index contributed by atoms with van der Waals surface area (Å²) in [5, 5.41) is 0. The number of anilines is 1. The summed E-state index contributed by atoms with van der Waals surface area (Å²) in [6.07, 6.45) is 1.38. The van der Waals surface area contributed by atoms with Gasteiger partial charge in [-0.1, -0.05) is 42.5 Å².